The van der Waals surface area contributed by atoms with Gasteiger partial charge in [-0.25, -0.2) is 0 Å². The first-order chi connectivity index (χ1) is 4.75. The highest BCUT2D eigenvalue weighted by Gasteiger charge is 2.32. The SMILES string of the molecule is OC[C@H]1C[NH2+]C[C@@H](O)[C@@H]1O. The fourth-order valence-electron chi connectivity index (χ4n) is 1.26. The molecule has 4 nitrogen and oxygen atoms in total. The third-order valence-electron chi connectivity index (χ3n) is 1.99. The zero-order valence-corrected chi connectivity index (χ0v) is 5.77. The number of piperidine rings is 1. The Bertz CT molecular complexity index is 109. The van der Waals surface area contributed by atoms with Gasteiger partial charge in [-0.3, -0.25) is 0 Å². The Kier molecular flexibility index (Phi) is 2.62. The Labute approximate surface area is 59.5 Å². The van der Waals surface area contributed by atoms with Crippen LogP contribution in [0.15, 0.2) is 0 Å². The molecule has 3 atom stereocenters. The van der Waals surface area contributed by atoms with Gasteiger partial charge in [0.1, 0.15) is 12.6 Å². The smallest absolute Gasteiger partial charge is 0.129 e. The summed E-state index contributed by atoms with van der Waals surface area (Å²) in [6.45, 7) is 1.20. The molecule has 0 aromatic heterocycles. The van der Waals surface area contributed by atoms with Gasteiger partial charge in [0.15, 0.2) is 0 Å². The van der Waals surface area contributed by atoms with Crippen LogP contribution < -0.4 is 5.32 Å². The summed E-state index contributed by atoms with van der Waals surface area (Å²) >= 11 is 0. The van der Waals surface area contributed by atoms with Crippen LogP contribution in [0.5, 0.6) is 0 Å². The predicted molar refractivity (Wildman–Crippen MR) is 34.2 cm³/mol. The van der Waals surface area contributed by atoms with E-state index in [1.807, 2.05) is 5.32 Å². The van der Waals surface area contributed by atoms with E-state index in [1.54, 1.807) is 0 Å². The Balaban J connectivity index is 2.42. The van der Waals surface area contributed by atoms with E-state index in [0.717, 1.165) is 0 Å². The van der Waals surface area contributed by atoms with Crippen molar-refractivity contribution in [1.29, 1.82) is 0 Å². The highest BCUT2D eigenvalue weighted by atomic mass is 16.3. The largest absolute Gasteiger partial charge is 0.396 e. The fraction of sp³-hybridized carbons (Fsp3) is 1.00. The molecule has 1 fully saturated rings. The molecule has 4 heteroatoms. The van der Waals surface area contributed by atoms with Crippen LogP contribution >= 0.6 is 0 Å². The molecule has 0 saturated carbocycles. The maximum atomic E-state index is 9.21. The number of aliphatic hydroxyl groups excluding tert-OH is 3. The van der Waals surface area contributed by atoms with Crippen LogP contribution in [0.1, 0.15) is 0 Å². The van der Waals surface area contributed by atoms with Gasteiger partial charge in [-0.15, -0.1) is 0 Å². The summed E-state index contributed by atoms with van der Waals surface area (Å²) in [6, 6.07) is 0. The standard InChI is InChI=1S/C6H13NO3/c8-3-4-1-7-2-5(9)6(4)10/h4-10H,1-3H2/p+1/t4-,5-,6-/m1/s1. The molecule has 1 heterocycles. The highest BCUT2D eigenvalue weighted by Crippen LogP contribution is 2.06. The van der Waals surface area contributed by atoms with Crippen LogP contribution in [0.2, 0.25) is 0 Å². The average Bonchev–Trinajstić information content (AvgIpc) is 1.95. The van der Waals surface area contributed by atoms with Gasteiger partial charge in [0.2, 0.25) is 0 Å². The molecule has 0 aromatic carbocycles. The molecule has 60 valence electrons. The van der Waals surface area contributed by atoms with Crippen molar-refractivity contribution in [2.75, 3.05) is 19.7 Å². The quantitative estimate of drug-likeness (QED) is 0.318. The first-order valence-electron chi connectivity index (χ1n) is 3.54. The lowest BCUT2D eigenvalue weighted by atomic mass is 9.95. The van der Waals surface area contributed by atoms with Crippen LogP contribution in [-0.2, 0) is 0 Å². The maximum absolute atomic E-state index is 9.21. The second kappa shape index (κ2) is 3.30. The minimum atomic E-state index is -0.741. The normalized spacial score (nSPS) is 41.7. The van der Waals surface area contributed by atoms with Crippen LogP contribution in [0.4, 0.5) is 0 Å². The Morgan fingerprint density at radius 3 is 2.50 bits per heavy atom. The Hall–Kier alpha value is -0.160. The van der Waals surface area contributed by atoms with Gasteiger partial charge in [0.05, 0.1) is 25.2 Å². The maximum Gasteiger partial charge on any atom is 0.129 e. The summed E-state index contributed by atoms with van der Waals surface area (Å²) in [5, 5.41) is 28.9. The molecule has 10 heavy (non-hydrogen) atoms. The topological polar surface area (TPSA) is 77.3 Å². The van der Waals surface area contributed by atoms with Crippen molar-refractivity contribution in [3.63, 3.8) is 0 Å². The van der Waals surface area contributed by atoms with Gasteiger partial charge in [0, 0.05) is 0 Å². The van der Waals surface area contributed by atoms with E-state index >= 15 is 0 Å². The number of hydrogen-bond donors (Lipinski definition) is 4. The first-order valence-corrected chi connectivity index (χ1v) is 3.54. The van der Waals surface area contributed by atoms with E-state index in [9.17, 15) is 5.11 Å². The summed E-state index contributed by atoms with van der Waals surface area (Å²) < 4.78 is 0. The summed E-state index contributed by atoms with van der Waals surface area (Å²) in [5.74, 6) is -0.163. The minimum absolute atomic E-state index is 0.0469. The van der Waals surface area contributed by atoms with E-state index in [2.05, 4.69) is 0 Å². The van der Waals surface area contributed by atoms with Gasteiger partial charge in [-0.2, -0.15) is 0 Å². The molecular weight excluding hydrogens is 134 g/mol. The highest BCUT2D eigenvalue weighted by molar-refractivity contribution is 4.76. The molecule has 1 rings (SSSR count). The zero-order chi connectivity index (χ0) is 7.56. The second-order valence-electron chi connectivity index (χ2n) is 2.76. The Morgan fingerprint density at radius 1 is 1.30 bits per heavy atom. The van der Waals surface area contributed by atoms with Crippen molar-refractivity contribution >= 4 is 0 Å². The van der Waals surface area contributed by atoms with Gasteiger partial charge < -0.3 is 20.6 Å². The van der Waals surface area contributed by atoms with Gasteiger partial charge in [0.25, 0.3) is 0 Å². The third-order valence-corrected chi connectivity index (χ3v) is 1.99. The predicted octanol–water partition coefficient (Wildman–Crippen LogP) is -3.11. The summed E-state index contributed by atoms with van der Waals surface area (Å²) in [6.07, 6.45) is -1.42. The zero-order valence-electron chi connectivity index (χ0n) is 5.77. The molecule has 0 aromatic rings. The monoisotopic (exact) mass is 148 g/mol. The van der Waals surface area contributed by atoms with Crippen LogP contribution in [0, 0.1) is 5.92 Å². The summed E-state index contributed by atoms with van der Waals surface area (Å²) in [4.78, 5) is 0. The number of aliphatic hydroxyl groups is 3. The van der Waals surface area contributed by atoms with Crippen molar-refractivity contribution in [3.8, 4) is 0 Å². The van der Waals surface area contributed by atoms with E-state index in [0.29, 0.717) is 13.1 Å². The number of hydrogen-bond acceptors (Lipinski definition) is 3. The first kappa shape index (κ1) is 7.94. The molecule has 0 amide bonds. The van der Waals surface area contributed by atoms with Crippen molar-refractivity contribution in [1.82, 2.24) is 0 Å². The molecule has 0 radical (unpaired) electrons. The van der Waals surface area contributed by atoms with Gasteiger partial charge in [-0.05, 0) is 0 Å². The number of rotatable bonds is 1. The molecule has 5 N–H and O–H groups in total. The van der Waals surface area contributed by atoms with E-state index in [1.165, 1.54) is 0 Å². The van der Waals surface area contributed by atoms with E-state index in [-0.39, 0.29) is 12.5 Å². The molecular formula is C6H14NO3+. The lowest BCUT2D eigenvalue weighted by molar-refractivity contribution is -0.680. The summed E-state index contributed by atoms with van der Waals surface area (Å²) in [5.41, 5.74) is 0. The van der Waals surface area contributed by atoms with E-state index < -0.39 is 12.2 Å². The fourth-order valence-corrected chi connectivity index (χ4v) is 1.26. The average molecular weight is 148 g/mol. The number of quaternary nitrogens is 1. The van der Waals surface area contributed by atoms with Gasteiger partial charge >= 0.3 is 0 Å². The molecule has 0 bridgehead atoms. The Morgan fingerprint density at radius 2 is 2.00 bits per heavy atom. The molecule has 0 aliphatic carbocycles. The minimum Gasteiger partial charge on any atom is -0.396 e. The number of nitrogens with two attached hydrogens (primary N) is 1. The van der Waals surface area contributed by atoms with Crippen molar-refractivity contribution in [2.24, 2.45) is 5.92 Å². The van der Waals surface area contributed by atoms with Crippen LogP contribution in [0.3, 0.4) is 0 Å². The molecule has 0 unspecified atom stereocenters. The van der Waals surface area contributed by atoms with Crippen molar-refractivity contribution in [3.05, 3.63) is 0 Å². The lowest BCUT2D eigenvalue weighted by Gasteiger charge is -2.28. The lowest BCUT2D eigenvalue weighted by Crippen LogP contribution is -2.92. The van der Waals surface area contributed by atoms with Crippen LogP contribution in [-0.4, -0.2) is 47.2 Å². The summed E-state index contributed by atoms with van der Waals surface area (Å²) in [7, 11) is 0. The molecule has 0 spiro atoms. The third kappa shape index (κ3) is 1.46. The van der Waals surface area contributed by atoms with E-state index in [4.69, 9.17) is 10.2 Å². The van der Waals surface area contributed by atoms with Crippen molar-refractivity contribution in [2.45, 2.75) is 12.2 Å². The molecule has 1 aliphatic rings. The van der Waals surface area contributed by atoms with Crippen LogP contribution in [0.25, 0.3) is 0 Å². The second-order valence-corrected chi connectivity index (χ2v) is 2.76. The van der Waals surface area contributed by atoms with Crippen molar-refractivity contribution < 1.29 is 20.6 Å². The van der Waals surface area contributed by atoms with Gasteiger partial charge in [-0.1, -0.05) is 0 Å². The molecule has 1 saturated heterocycles. The molecule has 1 aliphatic heterocycles.